The predicted molar refractivity (Wildman–Crippen MR) is 88.7 cm³/mol. The predicted octanol–water partition coefficient (Wildman–Crippen LogP) is 3.13. The number of hydrogen-bond acceptors (Lipinski definition) is 4. The Morgan fingerprint density at radius 2 is 1.55 bits per heavy atom. The van der Waals surface area contributed by atoms with Crippen LogP contribution in [0.15, 0.2) is 29.2 Å². The van der Waals surface area contributed by atoms with Crippen molar-refractivity contribution in [2.24, 2.45) is 0 Å². The normalized spacial score (nSPS) is 15.5. The fourth-order valence-corrected chi connectivity index (χ4v) is 3.00. The van der Waals surface area contributed by atoms with Crippen LogP contribution in [0.3, 0.4) is 0 Å². The molecular weight excluding hydrogens is 300 g/mol. The first-order valence-electron chi connectivity index (χ1n) is 7.36. The second-order valence-corrected chi connectivity index (χ2v) is 8.17. The molecule has 1 aromatic rings. The Morgan fingerprint density at radius 1 is 1.09 bits per heavy atom. The van der Waals surface area contributed by atoms with Gasteiger partial charge in [-0.2, -0.15) is 0 Å². The van der Waals surface area contributed by atoms with Gasteiger partial charge in [0, 0.05) is 23.2 Å². The minimum atomic E-state index is -2.73. The van der Waals surface area contributed by atoms with Crippen LogP contribution in [0.2, 0.25) is 0 Å². The van der Waals surface area contributed by atoms with E-state index in [-0.39, 0.29) is 18.0 Å². The van der Waals surface area contributed by atoms with Crippen LogP contribution in [-0.4, -0.2) is 39.5 Å². The summed E-state index contributed by atoms with van der Waals surface area (Å²) in [4.78, 5) is 14.7. The summed E-state index contributed by atoms with van der Waals surface area (Å²) < 4.78 is 24.8. The van der Waals surface area contributed by atoms with Gasteiger partial charge in [-0.05, 0) is 58.9 Å². The molecule has 22 heavy (non-hydrogen) atoms. The summed E-state index contributed by atoms with van der Waals surface area (Å²) in [5.74, 6) is 0.467. The molecular formula is C16H26N2O3S. The van der Waals surface area contributed by atoms with Crippen LogP contribution < -0.4 is 4.74 Å². The molecule has 2 atom stereocenters. The third-order valence-electron chi connectivity index (χ3n) is 3.30. The lowest BCUT2D eigenvalue weighted by molar-refractivity contribution is -0.141. The minimum absolute atomic E-state index is 0.0612. The molecule has 6 heteroatoms. The second kappa shape index (κ2) is 7.13. The highest BCUT2D eigenvalue weighted by Gasteiger charge is 2.26. The second-order valence-electron chi connectivity index (χ2n) is 6.01. The first-order valence-corrected chi connectivity index (χ1v) is 9.33. The summed E-state index contributed by atoms with van der Waals surface area (Å²) in [5, 5.41) is 0. The van der Waals surface area contributed by atoms with Gasteiger partial charge in [0.1, 0.15) is 5.75 Å². The van der Waals surface area contributed by atoms with Gasteiger partial charge < -0.3 is 9.64 Å². The Bertz CT molecular complexity index is 599. The largest absolute Gasteiger partial charge is 0.481 e. The Hall–Kier alpha value is -1.56. The minimum Gasteiger partial charge on any atom is -0.481 e. The summed E-state index contributed by atoms with van der Waals surface area (Å²) in [6.45, 7) is 9.63. The van der Waals surface area contributed by atoms with Crippen LogP contribution in [0.5, 0.6) is 5.75 Å². The van der Waals surface area contributed by atoms with Gasteiger partial charge in [-0.25, -0.2) is 8.99 Å². The van der Waals surface area contributed by atoms with Crippen molar-refractivity contribution in [3.63, 3.8) is 0 Å². The Kier molecular flexibility index (Phi) is 6.00. The van der Waals surface area contributed by atoms with Crippen molar-refractivity contribution in [1.82, 2.24) is 4.90 Å². The molecule has 0 aliphatic heterocycles. The zero-order chi connectivity index (χ0) is 17.1. The Balaban J connectivity index is 2.84. The van der Waals surface area contributed by atoms with Crippen LogP contribution >= 0.6 is 0 Å². The van der Waals surface area contributed by atoms with Gasteiger partial charge in [-0.15, -0.1) is 0 Å². The van der Waals surface area contributed by atoms with Crippen molar-refractivity contribution >= 4 is 15.6 Å². The highest BCUT2D eigenvalue weighted by Crippen LogP contribution is 2.18. The molecule has 0 aromatic heterocycles. The van der Waals surface area contributed by atoms with E-state index in [1.54, 1.807) is 36.1 Å². The smallest absolute Gasteiger partial charge is 0.263 e. The van der Waals surface area contributed by atoms with Gasteiger partial charge in [0.05, 0.1) is 9.73 Å². The molecule has 1 aromatic carbocycles. The van der Waals surface area contributed by atoms with Gasteiger partial charge in [-0.1, -0.05) is 0 Å². The number of amides is 1. The molecule has 0 aliphatic rings. The topological polar surface area (TPSA) is 70.5 Å². The van der Waals surface area contributed by atoms with E-state index in [4.69, 9.17) is 9.52 Å². The van der Waals surface area contributed by atoms with Crippen molar-refractivity contribution in [3.05, 3.63) is 24.3 Å². The maximum absolute atomic E-state index is 12.5. The quantitative estimate of drug-likeness (QED) is 0.873. The number of carbonyl (C=O) groups is 1. The molecule has 0 aliphatic carbocycles. The molecule has 0 fully saturated rings. The van der Waals surface area contributed by atoms with E-state index in [9.17, 15) is 9.00 Å². The van der Waals surface area contributed by atoms with Crippen LogP contribution in [0.4, 0.5) is 0 Å². The highest BCUT2D eigenvalue weighted by molar-refractivity contribution is 7.91. The first kappa shape index (κ1) is 18.5. The molecule has 1 amide bonds. The third-order valence-corrected chi connectivity index (χ3v) is 4.47. The third kappa shape index (κ3) is 4.73. The van der Waals surface area contributed by atoms with Crippen molar-refractivity contribution in [1.29, 1.82) is 4.78 Å². The zero-order valence-electron chi connectivity index (χ0n) is 14.1. The first-order chi connectivity index (χ1) is 10.0. The summed E-state index contributed by atoms with van der Waals surface area (Å²) >= 11 is 0. The van der Waals surface area contributed by atoms with Gasteiger partial charge >= 0.3 is 0 Å². The van der Waals surface area contributed by atoms with E-state index in [1.807, 2.05) is 27.7 Å². The van der Waals surface area contributed by atoms with Crippen LogP contribution in [0.25, 0.3) is 0 Å². The number of nitrogens with one attached hydrogen (secondary N) is 1. The lowest BCUT2D eigenvalue weighted by atomic mass is 10.2. The van der Waals surface area contributed by atoms with Gasteiger partial charge in [0.15, 0.2) is 6.10 Å². The Labute approximate surface area is 133 Å². The number of hydrogen-bond donors (Lipinski definition) is 1. The molecule has 1 N–H and O–H groups in total. The summed E-state index contributed by atoms with van der Waals surface area (Å²) in [5.41, 5.74) is 0. The molecule has 0 bridgehead atoms. The zero-order valence-corrected chi connectivity index (χ0v) is 14.9. The van der Waals surface area contributed by atoms with Crippen molar-refractivity contribution in [2.45, 2.75) is 57.7 Å². The van der Waals surface area contributed by atoms with Gasteiger partial charge in [0.25, 0.3) is 5.91 Å². The number of benzene rings is 1. The standard InChI is InChI=1S/C16H26N2O3S/c1-11(2)18(12(3)4)16(19)13(5)21-14-7-9-15(10-8-14)22(6,17)20/h7-13,17H,1-6H3. The lowest BCUT2D eigenvalue weighted by Gasteiger charge is -2.33. The number of ether oxygens (including phenoxy) is 1. The van der Waals surface area contributed by atoms with Gasteiger partial charge in [0.2, 0.25) is 0 Å². The van der Waals surface area contributed by atoms with Crippen molar-refractivity contribution in [2.75, 3.05) is 6.26 Å². The molecule has 0 heterocycles. The fourth-order valence-electron chi connectivity index (χ4n) is 2.35. The fraction of sp³-hybridized carbons (Fsp3) is 0.562. The highest BCUT2D eigenvalue weighted by atomic mass is 32.2. The van der Waals surface area contributed by atoms with Crippen molar-refractivity contribution in [3.8, 4) is 5.75 Å². The lowest BCUT2D eigenvalue weighted by Crippen LogP contribution is -2.47. The van der Waals surface area contributed by atoms with Crippen LogP contribution in [-0.2, 0) is 14.5 Å². The molecule has 0 radical (unpaired) electrons. The van der Waals surface area contributed by atoms with E-state index in [1.165, 1.54) is 6.26 Å². The van der Waals surface area contributed by atoms with Crippen LogP contribution in [0, 0.1) is 4.78 Å². The summed E-state index contributed by atoms with van der Waals surface area (Å²) in [6, 6.07) is 6.70. The van der Waals surface area contributed by atoms with Crippen LogP contribution in [0.1, 0.15) is 34.6 Å². The Morgan fingerprint density at radius 3 is 1.91 bits per heavy atom. The van der Waals surface area contributed by atoms with E-state index in [2.05, 4.69) is 0 Å². The van der Waals surface area contributed by atoms with Gasteiger partial charge in [-0.3, -0.25) is 4.79 Å². The number of carbonyl (C=O) groups excluding carboxylic acids is 1. The summed E-state index contributed by atoms with van der Waals surface area (Å²) in [7, 11) is -2.73. The maximum Gasteiger partial charge on any atom is 0.263 e. The average Bonchev–Trinajstić information content (AvgIpc) is 2.37. The number of nitrogens with zero attached hydrogens (tertiary/aromatic N) is 1. The monoisotopic (exact) mass is 326 g/mol. The molecule has 1 rings (SSSR count). The average molecular weight is 326 g/mol. The molecule has 124 valence electrons. The molecule has 5 nitrogen and oxygen atoms in total. The SMILES string of the molecule is CC(Oc1ccc(S(C)(=N)=O)cc1)C(=O)N(C(C)C)C(C)C. The maximum atomic E-state index is 12.5. The molecule has 2 unspecified atom stereocenters. The van der Waals surface area contributed by atoms with E-state index >= 15 is 0 Å². The molecule has 0 spiro atoms. The van der Waals surface area contributed by atoms with E-state index in [0.717, 1.165) is 0 Å². The molecule has 0 saturated heterocycles. The number of rotatable bonds is 6. The summed E-state index contributed by atoms with van der Waals surface area (Å²) in [6.07, 6.45) is 0.774. The molecule has 0 saturated carbocycles. The van der Waals surface area contributed by atoms with E-state index in [0.29, 0.717) is 10.6 Å². The van der Waals surface area contributed by atoms with Crippen molar-refractivity contribution < 1.29 is 13.7 Å². The van der Waals surface area contributed by atoms with E-state index < -0.39 is 15.8 Å².